The summed E-state index contributed by atoms with van der Waals surface area (Å²) in [5.41, 5.74) is 1.76. The van der Waals surface area contributed by atoms with Crippen LogP contribution in [0.5, 0.6) is 0 Å². The van der Waals surface area contributed by atoms with Gasteiger partial charge in [0.15, 0.2) is 5.96 Å². The van der Waals surface area contributed by atoms with Gasteiger partial charge < -0.3 is 20.4 Å². The maximum Gasteiger partial charge on any atom is 0.251 e. The minimum absolute atomic E-state index is 0.0584. The minimum atomic E-state index is -0.0584. The average Bonchev–Trinajstić information content (AvgIpc) is 2.74. The van der Waals surface area contributed by atoms with E-state index in [2.05, 4.69) is 35.4 Å². The average molecular weight is 381 g/mol. The minimum Gasteiger partial charge on any atom is -0.354 e. The van der Waals surface area contributed by atoms with Crippen molar-refractivity contribution < 1.29 is 4.79 Å². The summed E-state index contributed by atoms with van der Waals surface area (Å²) in [7, 11) is 1.78. The van der Waals surface area contributed by atoms with Crippen molar-refractivity contribution in [3.8, 4) is 0 Å². The zero-order valence-corrected chi connectivity index (χ0v) is 16.4. The first-order valence-electron chi connectivity index (χ1n) is 9.50. The number of carbonyl (C=O) groups is 1. The second kappa shape index (κ2) is 9.68. The van der Waals surface area contributed by atoms with Crippen molar-refractivity contribution >= 4 is 17.8 Å². The molecule has 0 atom stereocenters. The Morgan fingerprint density at radius 1 is 1.07 bits per heavy atom. The first-order valence-corrected chi connectivity index (χ1v) is 9.50. The second-order valence-corrected chi connectivity index (χ2v) is 6.62. The van der Waals surface area contributed by atoms with Crippen molar-refractivity contribution in [2.75, 3.05) is 51.2 Å². The van der Waals surface area contributed by atoms with E-state index >= 15 is 0 Å². The van der Waals surface area contributed by atoms with Crippen molar-refractivity contribution in [3.63, 3.8) is 0 Å². The van der Waals surface area contributed by atoms with E-state index in [9.17, 15) is 4.79 Å². The van der Waals surface area contributed by atoms with Gasteiger partial charge in [0.1, 0.15) is 0 Å². The summed E-state index contributed by atoms with van der Waals surface area (Å²) < 4.78 is 0. The van der Waals surface area contributed by atoms with E-state index in [1.54, 1.807) is 19.4 Å². The van der Waals surface area contributed by atoms with E-state index in [4.69, 9.17) is 0 Å². The summed E-state index contributed by atoms with van der Waals surface area (Å²) in [6, 6.07) is 9.40. The standard InChI is InChI=1S/C20H27N7O/c1-16-5-3-6-17(15-16)18(28)22-9-10-25-19(21-2)26-11-13-27(14-12-26)20-23-7-4-8-24-20/h3-8,15H,9-14H2,1-2H3,(H,21,25)(H,22,28). The molecule has 8 heteroatoms. The topological polar surface area (TPSA) is 85.8 Å². The maximum absolute atomic E-state index is 12.2. The predicted molar refractivity (Wildman–Crippen MR) is 111 cm³/mol. The molecule has 1 aromatic carbocycles. The third-order valence-corrected chi connectivity index (χ3v) is 4.60. The van der Waals surface area contributed by atoms with Crippen molar-refractivity contribution in [2.45, 2.75) is 6.92 Å². The molecule has 0 aliphatic carbocycles. The van der Waals surface area contributed by atoms with Gasteiger partial charge >= 0.3 is 0 Å². The molecule has 1 fully saturated rings. The third-order valence-electron chi connectivity index (χ3n) is 4.60. The summed E-state index contributed by atoms with van der Waals surface area (Å²) in [5.74, 6) is 1.55. The van der Waals surface area contributed by atoms with E-state index in [1.807, 2.05) is 37.3 Å². The zero-order chi connectivity index (χ0) is 19.8. The lowest BCUT2D eigenvalue weighted by Gasteiger charge is -2.36. The van der Waals surface area contributed by atoms with Crippen LogP contribution >= 0.6 is 0 Å². The highest BCUT2D eigenvalue weighted by molar-refractivity contribution is 5.94. The van der Waals surface area contributed by atoms with Gasteiger partial charge in [-0.1, -0.05) is 17.7 Å². The molecule has 2 N–H and O–H groups in total. The fourth-order valence-electron chi connectivity index (χ4n) is 3.14. The van der Waals surface area contributed by atoms with Crippen molar-refractivity contribution in [2.24, 2.45) is 4.99 Å². The smallest absolute Gasteiger partial charge is 0.251 e. The van der Waals surface area contributed by atoms with Gasteiger partial charge in [-0.15, -0.1) is 0 Å². The Labute approximate surface area is 165 Å². The van der Waals surface area contributed by atoms with Crippen LogP contribution in [0.3, 0.4) is 0 Å². The molecule has 0 radical (unpaired) electrons. The number of anilines is 1. The Morgan fingerprint density at radius 2 is 1.79 bits per heavy atom. The molecule has 2 aromatic rings. The van der Waals surface area contributed by atoms with Gasteiger partial charge in [0, 0.05) is 64.3 Å². The van der Waals surface area contributed by atoms with E-state index in [0.717, 1.165) is 43.7 Å². The summed E-state index contributed by atoms with van der Waals surface area (Å²) in [5, 5.41) is 6.26. The summed E-state index contributed by atoms with van der Waals surface area (Å²) >= 11 is 0. The summed E-state index contributed by atoms with van der Waals surface area (Å²) in [4.78, 5) is 29.6. The normalized spacial score (nSPS) is 14.7. The van der Waals surface area contributed by atoms with Gasteiger partial charge in [0.2, 0.25) is 5.95 Å². The van der Waals surface area contributed by atoms with Crippen LogP contribution in [0.15, 0.2) is 47.7 Å². The van der Waals surface area contributed by atoms with Crippen LogP contribution < -0.4 is 15.5 Å². The van der Waals surface area contributed by atoms with Crippen molar-refractivity contribution in [1.82, 2.24) is 25.5 Å². The van der Waals surface area contributed by atoms with Gasteiger partial charge in [0.25, 0.3) is 5.91 Å². The number of benzene rings is 1. The van der Waals surface area contributed by atoms with Gasteiger partial charge in [0.05, 0.1) is 0 Å². The Balaban J connectivity index is 1.41. The van der Waals surface area contributed by atoms with Crippen LogP contribution in [-0.4, -0.2) is 73.1 Å². The van der Waals surface area contributed by atoms with Crippen LogP contribution in [0.2, 0.25) is 0 Å². The van der Waals surface area contributed by atoms with Crippen molar-refractivity contribution in [1.29, 1.82) is 0 Å². The second-order valence-electron chi connectivity index (χ2n) is 6.62. The van der Waals surface area contributed by atoms with Crippen LogP contribution in [0.1, 0.15) is 15.9 Å². The highest BCUT2D eigenvalue weighted by atomic mass is 16.1. The Morgan fingerprint density at radius 3 is 2.46 bits per heavy atom. The van der Waals surface area contributed by atoms with Crippen LogP contribution in [0, 0.1) is 6.92 Å². The van der Waals surface area contributed by atoms with Gasteiger partial charge in [-0.2, -0.15) is 0 Å². The molecule has 28 heavy (non-hydrogen) atoms. The largest absolute Gasteiger partial charge is 0.354 e. The molecule has 0 spiro atoms. The Bertz CT molecular complexity index is 801. The summed E-state index contributed by atoms with van der Waals surface area (Å²) in [6.07, 6.45) is 3.53. The van der Waals surface area contributed by atoms with Gasteiger partial charge in [-0.3, -0.25) is 9.79 Å². The summed E-state index contributed by atoms with van der Waals surface area (Å²) in [6.45, 7) is 6.49. The number of nitrogens with zero attached hydrogens (tertiary/aromatic N) is 5. The quantitative estimate of drug-likeness (QED) is 0.455. The maximum atomic E-state index is 12.2. The Kier molecular flexibility index (Phi) is 6.78. The van der Waals surface area contributed by atoms with Crippen LogP contribution in [0.25, 0.3) is 0 Å². The lowest BCUT2D eigenvalue weighted by Crippen LogP contribution is -2.53. The number of piperazine rings is 1. The number of nitrogens with one attached hydrogen (secondary N) is 2. The molecule has 1 amide bonds. The van der Waals surface area contributed by atoms with E-state index in [0.29, 0.717) is 18.7 Å². The molecule has 1 aromatic heterocycles. The lowest BCUT2D eigenvalue weighted by atomic mass is 10.1. The molecule has 0 saturated carbocycles. The number of guanidine groups is 1. The number of carbonyl (C=O) groups excluding carboxylic acids is 1. The molecule has 1 aliphatic heterocycles. The van der Waals surface area contributed by atoms with E-state index < -0.39 is 0 Å². The van der Waals surface area contributed by atoms with Crippen LogP contribution in [0.4, 0.5) is 5.95 Å². The molecule has 0 bridgehead atoms. The monoisotopic (exact) mass is 381 g/mol. The Hall–Kier alpha value is -3.16. The van der Waals surface area contributed by atoms with E-state index in [1.165, 1.54) is 0 Å². The van der Waals surface area contributed by atoms with Crippen molar-refractivity contribution in [3.05, 3.63) is 53.9 Å². The van der Waals surface area contributed by atoms with Crippen LogP contribution in [-0.2, 0) is 0 Å². The lowest BCUT2D eigenvalue weighted by molar-refractivity contribution is 0.0954. The number of aromatic nitrogens is 2. The molecular formula is C20H27N7O. The number of rotatable bonds is 5. The zero-order valence-electron chi connectivity index (χ0n) is 16.4. The fraction of sp³-hybridized carbons (Fsp3) is 0.400. The van der Waals surface area contributed by atoms with Gasteiger partial charge in [-0.25, -0.2) is 9.97 Å². The number of aliphatic imine (C=N–C) groups is 1. The molecule has 0 unspecified atom stereocenters. The predicted octanol–water partition coefficient (Wildman–Crippen LogP) is 0.912. The number of hydrogen-bond acceptors (Lipinski definition) is 5. The van der Waals surface area contributed by atoms with E-state index in [-0.39, 0.29) is 5.91 Å². The third kappa shape index (κ3) is 5.18. The first-order chi connectivity index (χ1) is 13.7. The molecule has 2 heterocycles. The number of aryl methyl sites for hydroxylation is 1. The highest BCUT2D eigenvalue weighted by Crippen LogP contribution is 2.09. The molecular weight excluding hydrogens is 354 g/mol. The fourth-order valence-corrected chi connectivity index (χ4v) is 3.14. The molecule has 3 rings (SSSR count). The van der Waals surface area contributed by atoms with Gasteiger partial charge in [-0.05, 0) is 25.1 Å². The molecule has 1 aliphatic rings. The molecule has 1 saturated heterocycles. The molecule has 8 nitrogen and oxygen atoms in total. The molecule has 148 valence electrons. The SMILES string of the molecule is CN=C(NCCNC(=O)c1cccc(C)c1)N1CCN(c2ncccn2)CC1. The first kappa shape index (κ1) is 19.6. The highest BCUT2D eigenvalue weighted by Gasteiger charge is 2.20. The number of amides is 1. The number of hydrogen-bond donors (Lipinski definition) is 2.